The van der Waals surface area contributed by atoms with Crippen molar-refractivity contribution in [1.29, 1.82) is 0 Å². The summed E-state index contributed by atoms with van der Waals surface area (Å²) in [6.07, 6.45) is 0. The molecule has 0 saturated heterocycles. The van der Waals surface area contributed by atoms with Gasteiger partial charge in [0.25, 0.3) is 10.9 Å². The first-order chi connectivity index (χ1) is 17.8. The molecule has 0 heterocycles. The molecule has 192 valence electrons. The summed E-state index contributed by atoms with van der Waals surface area (Å²) < 4.78 is 43.3. The molecule has 2 atom stereocenters. The molecule has 0 aliphatic rings. The number of methoxy groups -OCH3 is 3. The minimum absolute atomic E-state index is 0.0167. The van der Waals surface area contributed by atoms with E-state index in [1.165, 1.54) is 20.3 Å². The van der Waals surface area contributed by atoms with Crippen LogP contribution in [0.15, 0.2) is 70.3 Å². The van der Waals surface area contributed by atoms with Gasteiger partial charge in [0.2, 0.25) is 0 Å². The van der Waals surface area contributed by atoms with Crippen molar-refractivity contribution in [2.75, 3.05) is 26.6 Å². The Morgan fingerprint density at radius 2 is 1.43 bits per heavy atom. The van der Waals surface area contributed by atoms with Crippen LogP contribution in [-0.4, -0.2) is 21.3 Å². The first-order valence-electron chi connectivity index (χ1n) is 11.4. The fourth-order valence-corrected chi connectivity index (χ4v) is 4.16. The van der Waals surface area contributed by atoms with E-state index in [2.05, 4.69) is 10.6 Å². The summed E-state index contributed by atoms with van der Waals surface area (Å²) in [4.78, 5) is 23.7. The fraction of sp³-hybridized carbons (Fsp3) is 0.214. The van der Waals surface area contributed by atoms with E-state index in [0.717, 1.165) is 23.3 Å². The van der Waals surface area contributed by atoms with Gasteiger partial charge in [0.15, 0.2) is 28.9 Å². The summed E-state index contributed by atoms with van der Waals surface area (Å²) in [6, 6.07) is 15.7. The van der Waals surface area contributed by atoms with Crippen molar-refractivity contribution in [2.45, 2.75) is 19.0 Å². The van der Waals surface area contributed by atoms with Crippen LogP contribution in [0, 0.1) is 11.6 Å². The lowest BCUT2D eigenvalue weighted by Crippen LogP contribution is -2.34. The van der Waals surface area contributed by atoms with E-state index >= 15 is 0 Å². The molecule has 37 heavy (non-hydrogen) atoms. The van der Waals surface area contributed by atoms with Crippen molar-refractivity contribution < 1.29 is 23.0 Å². The zero-order valence-corrected chi connectivity index (χ0v) is 20.7. The Morgan fingerprint density at radius 3 is 2.11 bits per heavy atom. The second-order valence-electron chi connectivity index (χ2n) is 8.43. The standard InChI is InChI=1S/C28H26F2N2O5/c1-15(16-8-10-20(29)21(30)13-16)31-24(18-9-11-22(35-2)23(14-18)36-3)17-6-5-7-19(12-17)32-25-26(33)27(34)28(25)37-4/h5-15,24,31-32H,1-4H3. The Bertz CT molecular complexity index is 1500. The average molecular weight is 509 g/mol. The summed E-state index contributed by atoms with van der Waals surface area (Å²) >= 11 is 0. The van der Waals surface area contributed by atoms with Crippen LogP contribution in [0.3, 0.4) is 0 Å². The monoisotopic (exact) mass is 508 g/mol. The molecule has 7 nitrogen and oxygen atoms in total. The smallest absolute Gasteiger partial charge is 0.272 e. The Kier molecular flexibility index (Phi) is 7.54. The van der Waals surface area contributed by atoms with Gasteiger partial charge in [0.05, 0.1) is 27.4 Å². The molecule has 9 heteroatoms. The van der Waals surface area contributed by atoms with Crippen molar-refractivity contribution in [2.24, 2.45) is 0 Å². The van der Waals surface area contributed by atoms with Crippen LogP contribution >= 0.6 is 0 Å². The number of halogens is 2. The number of nitrogens with one attached hydrogen (secondary N) is 2. The van der Waals surface area contributed by atoms with Crippen molar-refractivity contribution >= 4 is 11.4 Å². The molecule has 0 aliphatic heterocycles. The normalized spacial score (nSPS) is 12.7. The quantitative estimate of drug-likeness (QED) is 0.299. The van der Waals surface area contributed by atoms with Gasteiger partial charge in [-0.2, -0.15) is 0 Å². The molecule has 0 amide bonds. The number of hydrogen-bond donors (Lipinski definition) is 2. The molecule has 0 saturated carbocycles. The third kappa shape index (κ3) is 5.17. The Morgan fingerprint density at radius 1 is 0.730 bits per heavy atom. The lowest BCUT2D eigenvalue weighted by Gasteiger charge is -2.26. The molecule has 0 spiro atoms. The predicted molar refractivity (Wildman–Crippen MR) is 137 cm³/mol. The van der Waals surface area contributed by atoms with Crippen LogP contribution in [0.5, 0.6) is 17.2 Å². The van der Waals surface area contributed by atoms with Crippen molar-refractivity contribution in [1.82, 2.24) is 5.32 Å². The topological polar surface area (TPSA) is 85.9 Å². The van der Waals surface area contributed by atoms with Crippen LogP contribution in [0.25, 0.3) is 0 Å². The summed E-state index contributed by atoms with van der Waals surface area (Å²) in [6.45, 7) is 1.84. The molecular weight excluding hydrogens is 482 g/mol. The Labute approximate surface area is 212 Å². The highest BCUT2D eigenvalue weighted by Gasteiger charge is 2.23. The molecular formula is C28H26F2N2O5. The maximum atomic E-state index is 13.9. The van der Waals surface area contributed by atoms with Gasteiger partial charge in [-0.25, -0.2) is 8.78 Å². The molecule has 0 bridgehead atoms. The van der Waals surface area contributed by atoms with E-state index in [1.807, 2.05) is 31.2 Å². The minimum Gasteiger partial charge on any atom is -0.493 e. The average Bonchev–Trinajstić information content (AvgIpc) is 2.92. The third-order valence-corrected chi connectivity index (χ3v) is 6.16. The van der Waals surface area contributed by atoms with E-state index in [9.17, 15) is 18.4 Å². The van der Waals surface area contributed by atoms with Gasteiger partial charge in [0.1, 0.15) is 5.69 Å². The van der Waals surface area contributed by atoms with Gasteiger partial charge < -0.3 is 19.5 Å². The van der Waals surface area contributed by atoms with E-state index in [-0.39, 0.29) is 17.5 Å². The molecule has 4 rings (SSSR count). The third-order valence-electron chi connectivity index (χ3n) is 6.16. The summed E-state index contributed by atoms with van der Waals surface area (Å²) in [5.74, 6) is -0.782. The number of benzene rings is 3. The maximum Gasteiger partial charge on any atom is 0.272 e. The van der Waals surface area contributed by atoms with Gasteiger partial charge in [-0.1, -0.05) is 24.3 Å². The lowest BCUT2D eigenvalue weighted by atomic mass is 9.95. The van der Waals surface area contributed by atoms with Crippen LogP contribution in [0.1, 0.15) is 35.7 Å². The Hall–Kier alpha value is -4.24. The van der Waals surface area contributed by atoms with Crippen LogP contribution in [0.4, 0.5) is 20.2 Å². The van der Waals surface area contributed by atoms with Gasteiger partial charge >= 0.3 is 0 Å². The second-order valence-corrected chi connectivity index (χ2v) is 8.43. The van der Waals surface area contributed by atoms with Crippen LogP contribution < -0.4 is 35.7 Å². The molecule has 4 aromatic rings. The first-order valence-corrected chi connectivity index (χ1v) is 11.4. The fourth-order valence-electron chi connectivity index (χ4n) is 4.16. The van der Waals surface area contributed by atoms with Crippen LogP contribution in [0.2, 0.25) is 0 Å². The van der Waals surface area contributed by atoms with Gasteiger partial charge in [0, 0.05) is 11.7 Å². The SMILES string of the molecule is COc1ccc(C(NC(C)c2ccc(F)c(F)c2)c2cccc(Nc3c(OC)c(=O)c3=O)c2)cc1OC. The zero-order chi connectivity index (χ0) is 26.7. The largest absolute Gasteiger partial charge is 0.493 e. The first kappa shape index (κ1) is 25.8. The summed E-state index contributed by atoms with van der Waals surface area (Å²) in [5.41, 5.74) is 1.51. The van der Waals surface area contributed by atoms with Crippen LogP contribution in [-0.2, 0) is 0 Å². The zero-order valence-electron chi connectivity index (χ0n) is 20.7. The molecule has 0 aromatic heterocycles. The second kappa shape index (κ2) is 10.8. The summed E-state index contributed by atoms with van der Waals surface area (Å²) in [7, 11) is 4.41. The molecule has 2 unspecified atom stereocenters. The van der Waals surface area contributed by atoms with Gasteiger partial charge in [-0.3, -0.25) is 14.9 Å². The Balaban J connectivity index is 1.73. The van der Waals surface area contributed by atoms with E-state index < -0.39 is 28.5 Å². The highest BCUT2D eigenvalue weighted by Crippen LogP contribution is 2.35. The van der Waals surface area contributed by atoms with E-state index in [1.54, 1.807) is 25.3 Å². The number of rotatable bonds is 10. The molecule has 2 N–H and O–H groups in total. The number of hydrogen-bond acceptors (Lipinski definition) is 7. The highest BCUT2D eigenvalue weighted by atomic mass is 19.2. The van der Waals surface area contributed by atoms with E-state index in [4.69, 9.17) is 14.2 Å². The molecule has 0 aliphatic carbocycles. The minimum atomic E-state index is -0.929. The van der Waals surface area contributed by atoms with E-state index in [0.29, 0.717) is 22.7 Å². The predicted octanol–water partition coefficient (Wildman–Crippen LogP) is 4.77. The van der Waals surface area contributed by atoms with Gasteiger partial charge in [-0.15, -0.1) is 0 Å². The molecule has 0 fully saturated rings. The highest BCUT2D eigenvalue weighted by molar-refractivity contribution is 5.70. The number of anilines is 2. The van der Waals surface area contributed by atoms with Gasteiger partial charge in [-0.05, 0) is 60.0 Å². The van der Waals surface area contributed by atoms with Crippen molar-refractivity contribution in [3.63, 3.8) is 0 Å². The number of ether oxygens (including phenoxy) is 3. The lowest BCUT2D eigenvalue weighted by molar-refractivity contribution is 0.354. The molecule has 4 aromatic carbocycles. The maximum absolute atomic E-state index is 13.9. The van der Waals surface area contributed by atoms with Crippen molar-refractivity contribution in [3.05, 3.63) is 109 Å². The van der Waals surface area contributed by atoms with Crippen molar-refractivity contribution in [3.8, 4) is 17.2 Å². The molecule has 0 radical (unpaired) electrons. The summed E-state index contributed by atoms with van der Waals surface area (Å²) in [5, 5.41) is 6.44.